The Morgan fingerprint density at radius 1 is 1.78 bits per heavy atom. The van der Waals surface area contributed by atoms with Crippen molar-refractivity contribution >= 4 is 23.2 Å². The Morgan fingerprint density at radius 2 is 2.44 bits per heavy atom. The molecule has 1 aliphatic rings. The van der Waals surface area contributed by atoms with Crippen molar-refractivity contribution in [2.75, 3.05) is 6.61 Å². The fourth-order valence-electron chi connectivity index (χ4n) is 0.587. The molecule has 1 atom stereocenters. The molecule has 1 saturated heterocycles. The summed E-state index contributed by atoms with van der Waals surface area (Å²) in [5.41, 5.74) is 0. The summed E-state index contributed by atoms with van der Waals surface area (Å²) in [4.78, 5) is 10.6. The Morgan fingerprint density at radius 3 is 2.67 bits per heavy atom. The Balaban J connectivity index is 2.58. The summed E-state index contributed by atoms with van der Waals surface area (Å²) in [6.07, 6.45) is 0. The normalized spacial score (nSPS) is 25.7. The smallest absolute Gasteiger partial charge is 0.251 e. The number of thiocarbonyl (C=S) groups is 1. The van der Waals surface area contributed by atoms with Gasteiger partial charge in [0.25, 0.3) is 5.91 Å². The molecule has 0 bridgehead atoms. The van der Waals surface area contributed by atoms with Crippen molar-refractivity contribution in [3.8, 4) is 0 Å². The topological polar surface area (TPSA) is 61.4 Å². The van der Waals surface area contributed by atoms with Crippen LogP contribution in [-0.4, -0.2) is 28.8 Å². The van der Waals surface area contributed by atoms with Crippen molar-refractivity contribution in [3.63, 3.8) is 0 Å². The van der Waals surface area contributed by atoms with Gasteiger partial charge in [-0.05, 0) is 12.2 Å². The molecule has 1 aliphatic heterocycles. The molecule has 1 unspecified atom stereocenters. The second-order valence-electron chi connectivity index (χ2n) is 1.70. The average Bonchev–Trinajstić information content (AvgIpc) is 2.10. The first-order chi connectivity index (χ1) is 4.24. The molecule has 1 fully saturated rings. The van der Waals surface area contributed by atoms with Crippen LogP contribution in [0.5, 0.6) is 0 Å². The molecule has 0 aromatic rings. The second kappa shape index (κ2) is 2.28. The maximum atomic E-state index is 10.6. The first-order valence-electron chi connectivity index (χ1n) is 2.46. The molecule has 1 rings (SSSR count). The van der Waals surface area contributed by atoms with E-state index in [1.165, 1.54) is 0 Å². The van der Waals surface area contributed by atoms with Gasteiger partial charge in [0, 0.05) is 0 Å². The van der Waals surface area contributed by atoms with Gasteiger partial charge >= 0.3 is 0 Å². The molecule has 0 aromatic heterocycles. The maximum absolute atomic E-state index is 10.6. The zero-order valence-corrected chi connectivity index (χ0v) is 5.36. The van der Waals surface area contributed by atoms with Crippen LogP contribution in [-0.2, 0) is 4.79 Å². The van der Waals surface area contributed by atoms with Crippen molar-refractivity contribution in [1.29, 1.82) is 0 Å². The highest BCUT2D eigenvalue weighted by atomic mass is 32.1. The summed E-state index contributed by atoms with van der Waals surface area (Å²) in [6, 6.07) is -0.544. The molecule has 1 heterocycles. The predicted molar refractivity (Wildman–Crippen MR) is 34.8 cm³/mol. The van der Waals surface area contributed by atoms with Gasteiger partial charge in [-0.15, -0.1) is 0 Å². The lowest BCUT2D eigenvalue weighted by Crippen LogP contribution is -2.32. The van der Waals surface area contributed by atoms with Crippen LogP contribution in [0, 0.1) is 0 Å². The molecule has 3 N–H and O–H groups in total. The van der Waals surface area contributed by atoms with Gasteiger partial charge in [-0.25, -0.2) is 0 Å². The van der Waals surface area contributed by atoms with Crippen molar-refractivity contribution in [2.24, 2.45) is 0 Å². The van der Waals surface area contributed by atoms with E-state index in [1.54, 1.807) is 0 Å². The molecule has 4 nitrogen and oxygen atoms in total. The third-order valence-corrected chi connectivity index (χ3v) is 1.26. The summed E-state index contributed by atoms with van der Waals surface area (Å²) in [7, 11) is 0. The van der Waals surface area contributed by atoms with Crippen molar-refractivity contribution in [3.05, 3.63) is 0 Å². The maximum Gasteiger partial charge on any atom is 0.251 e. The van der Waals surface area contributed by atoms with Crippen molar-refractivity contribution in [1.82, 2.24) is 10.6 Å². The lowest BCUT2D eigenvalue weighted by atomic mass is 10.3. The summed E-state index contributed by atoms with van der Waals surface area (Å²) in [5, 5.41) is 13.7. The molecular weight excluding hydrogens is 140 g/mol. The summed E-state index contributed by atoms with van der Waals surface area (Å²) < 4.78 is 0. The number of hydrogen-bond acceptors (Lipinski definition) is 3. The standard InChI is InChI=1S/C4H6N2O2S/c7-1-2-3(8)6-4(9)5-2/h2,7H,1H2,(H2,5,6,8,9). The molecule has 0 radical (unpaired) electrons. The Labute approximate surface area is 57.2 Å². The quantitative estimate of drug-likeness (QED) is 0.388. The van der Waals surface area contributed by atoms with Crippen LogP contribution in [0.25, 0.3) is 0 Å². The lowest BCUT2D eigenvalue weighted by molar-refractivity contribution is -0.120. The minimum atomic E-state index is -0.544. The minimum absolute atomic E-state index is 0.216. The van der Waals surface area contributed by atoms with Gasteiger partial charge in [0.2, 0.25) is 0 Å². The van der Waals surface area contributed by atoms with Gasteiger partial charge in [0.05, 0.1) is 6.61 Å². The first-order valence-corrected chi connectivity index (χ1v) is 2.87. The monoisotopic (exact) mass is 146 g/mol. The fourth-order valence-corrected chi connectivity index (χ4v) is 0.830. The number of aliphatic hydroxyl groups is 1. The predicted octanol–water partition coefficient (Wildman–Crippen LogP) is -1.65. The van der Waals surface area contributed by atoms with Crippen LogP contribution in [0.3, 0.4) is 0 Å². The van der Waals surface area contributed by atoms with Gasteiger partial charge in [0.1, 0.15) is 6.04 Å². The van der Waals surface area contributed by atoms with E-state index in [-0.39, 0.29) is 12.5 Å². The third-order valence-electron chi connectivity index (χ3n) is 1.04. The lowest BCUT2D eigenvalue weighted by Gasteiger charge is -1.99. The summed E-state index contributed by atoms with van der Waals surface area (Å²) >= 11 is 4.59. The number of hydrogen-bond donors (Lipinski definition) is 3. The van der Waals surface area contributed by atoms with Crippen LogP contribution in [0.2, 0.25) is 0 Å². The summed E-state index contributed by atoms with van der Waals surface area (Å²) in [5.74, 6) is -0.262. The van der Waals surface area contributed by atoms with E-state index in [1.807, 2.05) is 0 Å². The van der Waals surface area contributed by atoms with Crippen LogP contribution in [0.15, 0.2) is 0 Å². The van der Waals surface area contributed by atoms with E-state index in [4.69, 9.17) is 5.11 Å². The van der Waals surface area contributed by atoms with Crippen molar-refractivity contribution < 1.29 is 9.90 Å². The van der Waals surface area contributed by atoms with Crippen LogP contribution in [0.1, 0.15) is 0 Å². The number of nitrogens with one attached hydrogen (secondary N) is 2. The number of amides is 1. The second-order valence-corrected chi connectivity index (χ2v) is 2.11. The first kappa shape index (κ1) is 6.44. The van der Waals surface area contributed by atoms with E-state index in [0.29, 0.717) is 5.11 Å². The molecule has 9 heavy (non-hydrogen) atoms. The van der Waals surface area contributed by atoms with E-state index in [9.17, 15) is 4.79 Å². The molecule has 0 aromatic carbocycles. The molecule has 5 heteroatoms. The van der Waals surface area contributed by atoms with Gasteiger partial charge in [-0.2, -0.15) is 0 Å². The van der Waals surface area contributed by atoms with Gasteiger partial charge in [-0.1, -0.05) is 0 Å². The zero-order chi connectivity index (χ0) is 6.85. The van der Waals surface area contributed by atoms with Gasteiger partial charge in [0.15, 0.2) is 5.11 Å². The summed E-state index contributed by atoms with van der Waals surface area (Å²) in [6.45, 7) is -0.216. The highest BCUT2D eigenvalue weighted by Crippen LogP contribution is 1.89. The number of rotatable bonds is 1. The Kier molecular flexibility index (Phi) is 1.63. The molecular formula is C4H6N2O2S. The molecule has 0 aliphatic carbocycles. The zero-order valence-electron chi connectivity index (χ0n) is 4.55. The Hall–Kier alpha value is -0.680. The highest BCUT2D eigenvalue weighted by Gasteiger charge is 2.25. The van der Waals surface area contributed by atoms with Gasteiger partial charge in [-0.3, -0.25) is 4.79 Å². The SMILES string of the molecule is O=C1NC(=S)NC1CO. The molecule has 50 valence electrons. The molecule has 1 amide bonds. The van der Waals surface area contributed by atoms with Gasteiger partial charge < -0.3 is 15.7 Å². The van der Waals surface area contributed by atoms with Crippen LogP contribution in [0.4, 0.5) is 0 Å². The van der Waals surface area contributed by atoms with E-state index in [2.05, 4.69) is 22.9 Å². The average molecular weight is 146 g/mol. The molecule has 0 saturated carbocycles. The van der Waals surface area contributed by atoms with Crippen LogP contribution >= 0.6 is 12.2 Å². The minimum Gasteiger partial charge on any atom is -0.394 e. The molecule has 0 spiro atoms. The van der Waals surface area contributed by atoms with E-state index in [0.717, 1.165) is 0 Å². The van der Waals surface area contributed by atoms with Crippen molar-refractivity contribution in [2.45, 2.75) is 6.04 Å². The third kappa shape index (κ3) is 1.17. The fraction of sp³-hybridized carbons (Fsp3) is 0.500. The largest absolute Gasteiger partial charge is 0.394 e. The number of aliphatic hydroxyl groups excluding tert-OH is 1. The van der Waals surface area contributed by atoms with E-state index >= 15 is 0 Å². The highest BCUT2D eigenvalue weighted by molar-refractivity contribution is 7.80. The van der Waals surface area contributed by atoms with Crippen LogP contribution < -0.4 is 10.6 Å². The number of carbonyl (C=O) groups is 1. The Bertz CT molecular complexity index is 159. The van der Waals surface area contributed by atoms with E-state index < -0.39 is 6.04 Å². The number of carbonyl (C=O) groups excluding carboxylic acids is 1.